The highest BCUT2D eigenvalue weighted by Gasteiger charge is 2.57. The molecule has 0 fully saturated rings. The summed E-state index contributed by atoms with van der Waals surface area (Å²) in [5, 5.41) is 10.6. The van der Waals surface area contributed by atoms with Crippen LogP contribution in [0, 0.1) is 10.7 Å². The summed E-state index contributed by atoms with van der Waals surface area (Å²) in [6.07, 6.45) is 3.42. The van der Waals surface area contributed by atoms with Gasteiger partial charge in [0.1, 0.15) is 11.5 Å². The van der Waals surface area contributed by atoms with Crippen LogP contribution in [0.5, 0.6) is 11.5 Å². The number of ether oxygens (including phenoxy) is 2. The van der Waals surface area contributed by atoms with Gasteiger partial charge in [0.25, 0.3) is 0 Å². The van der Waals surface area contributed by atoms with Gasteiger partial charge in [-0.05, 0) is 73.8 Å². The molecule has 1 aliphatic carbocycles. The first kappa shape index (κ1) is 18.9. The molecule has 0 radical (unpaired) electrons. The number of fused-ring (bicyclic) bond motifs is 6. The molecule has 2 aromatic carbocycles. The summed E-state index contributed by atoms with van der Waals surface area (Å²) >= 11 is 6.25. The van der Waals surface area contributed by atoms with Gasteiger partial charge in [-0.3, -0.25) is 4.79 Å². The van der Waals surface area contributed by atoms with Gasteiger partial charge in [0.2, 0.25) is 0 Å². The summed E-state index contributed by atoms with van der Waals surface area (Å²) in [7, 11) is 0. The monoisotopic (exact) mass is 710 g/mol. The summed E-state index contributed by atoms with van der Waals surface area (Å²) in [4.78, 5) is 24.9. The molecule has 0 saturated carbocycles. The number of hydrogen-bond acceptors (Lipinski definition) is 5. The lowest BCUT2D eigenvalue weighted by atomic mass is 9.75. The smallest absolute Gasteiger partial charge is 0.340 e. The van der Waals surface area contributed by atoms with E-state index in [0.29, 0.717) is 40.9 Å². The van der Waals surface area contributed by atoms with Crippen molar-refractivity contribution < 1.29 is 24.2 Å². The third-order valence-electron chi connectivity index (χ3n) is 5.03. The van der Waals surface area contributed by atoms with Gasteiger partial charge in [-0.1, -0.05) is 24.3 Å². The van der Waals surface area contributed by atoms with E-state index in [4.69, 9.17) is 9.47 Å². The van der Waals surface area contributed by atoms with Gasteiger partial charge >= 0.3 is 5.97 Å². The second-order valence-electron chi connectivity index (χ2n) is 6.51. The third-order valence-corrected chi connectivity index (χ3v) is 9.20. The first-order chi connectivity index (χ1) is 13.4. The van der Waals surface area contributed by atoms with Gasteiger partial charge in [-0.15, -0.1) is 0 Å². The number of halogens is 3. The van der Waals surface area contributed by atoms with Gasteiger partial charge < -0.3 is 14.6 Å². The Morgan fingerprint density at radius 1 is 1.04 bits per heavy atom. The minimum atomic E-state index is -1.21. The van der Waals surface area contributed by atoms with E-state index in [-0.39, 0.29) is 18.0 Å². The van der Waals surface area contributed by atoms with Crippen LogP contribution >= 0.6 is 67.8 Å². The van der Waals surface area contributed by atoms with E-state index in [1.807, 2.05) is 34.7 Å². The average molecular weight is 710 g/mol. The van der Waals surface area contributed by atoms with E-state index in [9.17, 15) is 14.7 Å². The Balaban J connectivity index is 1.97. The number of rotatable bonds is 0. The number of hydrogen-bond donors (Lipinski definition) is 1. The molecule has 5 rings (SSSR count). The van der Waals surface area contributed by atoms with E-state index in [0.717, 1.165) is 3.57 Å². The fourth-order valence-electron chi connectivity index (χ4n) is 3.87. The van der Waals surface area contributed by atoms with Crippen molar-refractivity contribution in [2.75, 3.05) is 0 Å². The maximum atomic E-state index is 12.8. The summed E-state index contributed by atoms with van der Waals surface area (Å²) in [5.74, 6) is 0.351. The summed E-state index contributed by atoms with van der Waals surface area (Å²) in [6, 6.07) is 7.26. The molecule has 0 aromatic heterocycles. The molecule has 140 valence electrons. The van der Waals surface area contributed by atoms with Crippen molar-refractivity contribution >= 4 is 79.5 Å². The molecule has 0 saturated heterocycles. The van der Waals surface area contributed by atoms with Crippen LogP contribution in [0.15, 0.2) is 47.7 Å². The number of allylic oxidation sites excluding steroid dienone is 2. The summed E-state index contributed by atoms with van der Waals surface area (Å²) in [5.41, 5.74) is 1.31. The Labute approximate surface area is 200 Å². The molecule has 28 heavy (non-hydrogen) atoms. The van der Waals surface area contributed by atoms with Crippen molar-refractivity contribution in [3.8, 4) is 11.5 Å². The zero-order valence-electron chi connectivity index (χ0n) is 13.9. The first-order valence-electron chi connectivity index (χ1n) is 8.22. The Morgan fingerprint density at radius 3 is 2.57 bits per heavy atom. The highest BCUT2D eigenvalue weighted by molar-refractivity contribution is 14.1. The minimum Gasteiger partial charge on any atom is -0.506 e. The zero-order valence-corrected chi connectivity index (χ0v) is 20.4. The lowest BCUT2D eigenvalue weighted by Gasteiger charge is -2.40. The van der Waals surface area contributed by atoms with Crippen LogP contribution in [-0.2, 0) is 15.1 Å². The minimum absolute atomic E-state index is 0.0885. The van der Waals surface area contributed by atoms with E-state index in [1.54, 1.807) is 18.2 Å². The number of carbonyl (C=O) groups is 2. The van der Waals surface area contributed by atoms with Crippen molar-refractivity contribution in [3.05, 3.63) is 75.2 Å². The van der Waals surface area contributed by atoms with E-state index in [2.05, 4.69) is 45.2 Å². The molecule has 2 heterocycles. The van der Waals surface area contributed by atoms with E-state index < -0.39 is 11.6 Å². The van der Waals surface area contributed by atoms with Crippen LogP contribution in [0.3, 0.4) is 0 Å². The molecule has 1 atom stereocenters. The molecular formula is C20H9I3O5. The van der Waals surface area contributed by atoms with Crippen molar-refractivity contribution in [1.29, 1.82) is 0 Å². The SMILES string of the molecule is O=C1C=C2Oc3c(I)c(O)c(I)c(I)c3C3(OC(=O)c4ccccc43)C2=CC1. The third kappa shape index (κ3) is 2.33. The molecule has 3 aliphatic rings. The van der Waals surface area contributed by atoms with Crippen LogP contribution in [0.25, 0.3) is 0 Å². The molecule has 2 aliphatic heterocycles. The van der Waals surface area contributed by atoms with Gasteiger partial charge in [-0.25, -0.2) is 4.79 Å². The fourth-order valence-corrected chi connectivity index (χ4v) is 6.46. The summed E-state index contributed by atoms with van der Waals surface area (Å²) < 4.78 is 14.1. The first-order valence-corrected chi connectivity index (χ1v) is 11.5. The molecule has 0 bridgehead atoms. The van der Waals surface area contributed by atoms with Crippen molar-refractivity contribution in [2.45, 2.75) is 12.0 Å². The van der Waals surface area contributed by atoms with Gasteiger partial charge in [0.05, 0.1) is 18.3 Å². The lowest BCUT2D eigenvalue weighted by Crippen LogP contribution is -2.39. The molecule has 5 nitrogen and oxygen atoms in total. The molecule has 1 unspecified atom stereocenters. The Bertz CT molecular complexity index is 1180. The second kappa shape index (κ2) is 6.42. The number of esters is 1. The Hall–Kier alpha value is -1.15. The van der Waals surface area contributed by atoms with Crippen LogP contribution < -0.4 is 4.74 Å². The second-order valence-corrected chi connectivity index (χ2v) is 9.75. The number of ketones is 1. The number of carbonyl (C=O) groups excluding carboxylic acids is 2. The normalized spacial score (nSPS) is 22.0. The van der Waals surface area contributed by atoms with Crippen molar-refractivity contribution in [2.24, 2.45) is 0 Å². The predicted octanol–water partition coefficient (Wildman–Crippen LogP) is 4.80. The van der Waals surface area contributed by atoms with Crippen LogP contribution in [-0.4, -0.2) is 16.9 Å². The topological polar surface area (TPSA) is 72.8 Å². The van der Waals surface area contributed by atoms with Crippen molar-refractivity contribution in [1.82, 2.24) is 0 Å². The lowest BCUT2D eigenvalue weighted by molar-refractivity contribution is -0.114. The quantitative estimate of drug-likeness (QED) is 0.242. The maximum Gasteiger partial charge on any atom is 0.340 e. The molecule has 8 heteroatoms. The number of benzene rings is 2. The molecule has 1 spiro atoms. The van der Waals surface area contributed by atoms with Crippen LogP contribution in [0.1, 0.15) is 27.9 Å². The number of aromatic hydroxyl groups is 1. The number of phenols is 1. The van der Waals surface area contributed by atoms with Crippen LogP contribution in [0.4, 0.5) is 0 Å². The Kier molecular flexibility index (Phi) is 4.32. The standard InChI is InChI=1S/C20H9I3O5/c21-14-13-18(16(23)17(25)15(14)22)27-12-7-8(24)5-6-11(12)20(13)10-4-2-1-3-9(10)19(26)28-20/h1-4,6-7,25H,5H2. The predicted molar refractivity (Wildman–Crippen MR) is 125 cm³/mol. The van der Waals surface area contributed by atoms with E-state index >= 15 is 0 Å². The fraction of sp³-hybridized carbons (Fsp3) is 0.100. The van der Waals surface area contributed by atoms with E-state index in [1.165, 1.54) is 6.08 Å². The average Bonchev–Trinajstić information content (AvgIpc) is 2.97. The number of phenolic OH excluding ortho intramolecular Hbond substituents is 1. The van der Waals surface area contributed by atoms with Crippen LogP contribution in [0.2, 0.25) is 0 Å². The maximum absolute atomic E-state index is 12.8. The van der Waals surface area contributed by atoms with Gasteiger partial charge in [0, 0.05) is 27.2 Å². The molecular weight excluding hydrogens is 701 g/mol. The van der Waals surface area contributed by atoms with Crippen molar-refractivity contribution in [3.63, 3.8) is 0 Å². The molecule has 0 amide bonds. The highest BCUT2D eigenvalue weighted by atomic mass is 127. The van der Waals surface area contributed by atoms with Gasteiger partial charge in [-0.2, -0.15) is 0 Å². The summed E-state index contributed by atoms with van der Waals surface area (Å²) in [6.45, 7) is 0. The highest BCUT2D eigenvalue weighted by Crippen LogP contribution is 2.59. The Morgan fingerprint density at radius 2 is 1.79 bits per heavy atom. The largest absolute Gasteiger partial charge is 0.506 e. The molecule has 1 N–H and O–H groups in total. The zero-order chi connectivity index (χ0) is 19.8. The van der Waals surface area contributed by atoms with Gasteiger partial charge in [0.15, 0.2) is 17.1 Å². The molecule has 2 aromatic rings.